The van der Waals surface area contributed by atoms with Crippen LogP contribution in [0.1, 0.15) is 35.7 Å². The monoisotopic (exact) mass is 305 g/mol. The van der Waals surface area contributed by atoms with Crippen molar-refractivity contribution in [1.29, 1.82) is 0 Å². The molecule has 0 fully saturated rings. The summed E-state index contributed by atoms with van der Waals surface area (Å²) in [6, 6.07) is 8.66. The number of aromatic carboxylic acids is 1. The minimum Gasteiger partial charge on any atom is -0.475 e. The summed E-state index contributed by atoms with van der Waals surface area (Å²) in [7, 11) is 0. The van der Waals surface area contributed by atoms with Crippen molar-refractivity contribution in [2.24, 2.45) is 0 Å². The Balaban J connectivity index is 2.05. The first kappa shape index (κ1) is 15.8. The van der Waals surface area contributed by atoms with Gasteiger partial charge in [-0.2, -0.15) is 0 Å². The van der Waals surface area contributed by atoms with Crippen LogP contribution >= 0.6 is 0 Å². The van der Waals surface area contributed by atoms with Gasteiger partial charge in [-0.15, -0.1) is 0 Å². The third-order valence-electron chi connectivity index (χ3n) is 3.41. The van der Waals surface area contributed by atoms with Crippen molar-refractivity contribution in [3.8, 4) is 0 Å². The maximum atomic E-state index is 13.3. The maximum Gasteiger partial charge on any atom is 0.371 e. The zero-order valence-corrected chi connectivity index (χ0v) is 12.2. The van der Waals surface area contributed by atoms with Crippen molar-refractivity contribution >= 4 is 11.9 Å². The predicted octanol–water partition coefficient (Wildman–Crippen LogP) is 2.71. The normalized spacial score (nSPS) is 11.2. The summed E-state index contributed by atoms with van der Waals surface area (Å²) < 4.78 is 18.3. The molecule has 0 aliphatic rings. The standard InChI is InChI=1S/C16H16FNO4/c1-16(2,10-4-3-5-11(17)8-10)15(21)18-9-12-6-7-13(22-12)14(19)20/h3-8H,9H2,1-2H3,(H,18,21)(H,19,20). The average molecular weight is 305 g/mol. The molecule has 1 aromatic carbocycles. The number of carbonyl (C=O) groups is 2. The Hall–Kier alpha value is -2.63. The molecule has 1 aromatic heterocycles. The summed E-state index contributed by atoms with van der Waals surface area (Å²) in [5.41, 5.74) is -0.375. The van der Waals surface area contributed by atoms with Crippen molar-refractivity contribution in [2.45, 2.75) is 25.8 Å². The number of halogens is 1. The van der Waals surface area contributed by atoms with E-state index in [2.05, 4.69) is 5.32 Å². The number of furan rings is 1. The zero-order chi connectivity index (χ0) is 16.3. The highest BCUT2D eigenvalue weighted by molar-refractivity contribution is 5.87. The summed E-state index contributed by atoms with van der Waals surface area (Å²) in [5, 5.41) is 11.4. The van der Waals surface area contributed by atoms with Gasteiger partial charge in [-0.05, 0) is 43.7 Å². The highest BCUT2D eigenvalue weighted by Crippen LogP contribution is 2.24. The fourth-order valence-corrected chi connectivity index (χ4v) is 1.98. The van der Waals surface area contributed by atoms with E-state index in [1.54, 1.807) is 26.0 Å². The lowest BCUT2D eigenvalue weighted by Crippen LogP contribution is -2.39. The summed E-state index contributed by atoms with van der Waals surface area (Å²) >= 11 is 0. The van der Waals surface area contributed by atoms with Crippen molar-refractivity contribution in [3.63, 3.8) is 0 Å². The topological polar surface area (TPSA) is 79.5 Å². The molecule has 5 nitrogen and oxygen atoms in total. The first-order valence-electron chi connectivity index (χ1n) is 6.67. The average Bonchev–Trinajstić information content (AvgIpc) is 2.93. The summed E-state index contributed by atoms with van der Waals surface area (Å²) in [6.07, 6.45) is 0. The van der Waals surface area contributed by atoms with E-state index in [-0.39, 0.29) is 18.2 Å². The molecule has 116 valence electrons. The molecule has 2 aromatic rings. The van der Waals surface area contributed by atoms with Crippen LogP contribution in [0.4, 0.5) is 4.39 Å². The van der Waals surface area contributed by atoms with Crippen LogP contribution in [0, 0.1) is 5.82 Å². The molecule has 0 spiro atoms. The van der Waals surface area contributed by atoms with Crippen LogP contribution in [0.15, 0.2) is 40.8 Å². The predicted molar refractivity (Wildman–Crippen MR) is 76.9 cm³/mol. The number of carboxylic acids is 1. The number of rotatable bonds is 5. The summed E-state index contributed by atoms with van der Waals surface area (Å²) in [6.45, 7) is 3.43. The number of nitrogens with one attached hydrogen (secondary N) is 1. The molecule has 0 bridgehead atoms. The molecule has 0 unspecified atom stereocenters. The van der Waals surface area contributed by atoms with E-state index < -0.39 is 17.2 Å². The van der Waals surface area contributed by atoms with Gasteiger partial charge in [0.15, 0.2) is 0 Å². The SMILES string of the molecule is CC(C)(C(=O)NCc1ccc(C(=O)O)o1)c1cccc(F)c1. The minimum atomic E-state index is -1.17. The fourth-order valence-electron chi connectivity index (χ4n) is 1.98. The van der Waals surface area contributed by atoms with Crippen molar-refractivity contribution in [1.82, 2.24) is 5.32 Å². The lowest BCUT2D eigenvalue weighted by Gasteiger charge is -2.24. The molecular weight excluding hydrogens is 289 g/mol. The van der Waals surface area contributed by atoms with Gasteiger partial charge >= 0.3 is 5.97 Å². The van der Waals surface area contributed by atoms with Gasteiger partial charge in [-0.25, -0.2) is 9.18 Å². The number of hydrogen-bond acceptors (Lipinski definition) is 3. The van der Waals surface area contributed by atoms with Gasteiger partial charge in [-0.3, -0.25) is 4.79 Å². The zero-order valence-electron chi connectivity index (χ0n) is 12.2. The molecule has 1 amide bonds. The van der Waals surface area contributed by atoms with Crippen LogP contribution in [0.5, 0.6) is 0 Å². The van der Waals surface area contributed by atoms with E-state index in [1.165, 1.54) is 24.3 Å². The Kier molecular flexibility index (Phi) is 4.30. The highest BCUT2D eigenvalue weighted by Gasteiger charge is 2.30. The Morgan fingerprint density at radius 1 is 1.27 bits per heavy atom. The van der Waals surface area contributed by atoms with Crippen LogP contribution in [0.25, 0.3) is 0 Å². The van der Waals surface area contributed by atoms with Gasteiger partial charge in [0.05, 0.1) is 12.0 Å². The molecule has 6 heteroatoms. The van der Waals surface area contributed by atoms with Gasteiger partial charge in [-0.1, -0.05) is 12.1 Å². The van der Waals surface area contributed by atoms with E-state index in [9.17, 15) is 14.0 Å². The Labute approximate surface area is 126 Å². The first-order chi connectivity index (χ1) is 10.3. The number of carbonyl (C=O) groups excluding carboxylic acids is 1. The maximum absolute atomic E-state index is 13.3. The molecule has 0 saturated carbocycles. The lowest BCUT2D eigenvalue weighted by atomic mass is 9.83. The van der Waals surface area contributed by atoms with Crippen molar-refractivity contribution in [2.75, 3.05) is 0 Å². The van der Waals surface area contributed by atoms with E-state index in [1.807, 2.05) is 0 Å². The highest BCUT2D eigenvalue weighted by atomic mass is 19.1. The van der Waals surface area contributed by atoms with E-state index in [0.717, 1.165) is 0 Å². The van der Waals surface area contributed by atoms with Crippen LogP contribution in [0.3, 0.4) is 0 Å². The van der Waals surface area contributed by atoms with Crippen LogP contribution < -0.4 is 5.32 Å². The van der Waals surface area contributed by atoms with Crippen LogP contribution in [0.2, 0.25) is 0 Å². The second-order valence-electron chi connectivity index (χ2n) is 5.39. The van der Waals surface area contributed by atoms with Crippen LogP contribution in [-0.2, 0) is 16.8 Å². The number of amides is 1. The van der Waals surface area contributed by atoms with Gasteiger partial charge in [0.2, 0.25) is 11.7 Å². The first-order valence-corrected chi connectivity index (χ1v) is 6.67. The Morgan fingerprint density at radius 3 is 2.59 bits per heavy atom. The third kappa shape index (κ3) is 3.33. The molecular formula is C16H16FNO4. The summed E-state index contributed by atoms with van der Waals surface area (Å²) in [4.78, 5) is 23.0. The molecule has 0 radical (unpaired) electrons. The van der Waals surface area contributed by atoms with E-state index in [0.29, 0.717) is 11.3 Å². The Morgan fingerprint density at radius 2 is 2.00 bits per heavy atom. The quantitative estimate of drug-likeness (QED) is 0.890. The smallest absolute Gasteiger partial charge is 0.371 e. The van der Waals surface area contributed by atoms with Crippen molar-refractivity contribution < 1.29 is 23.5 Å². The molecule has 0 aliphatic heterocycles. The second-order valence-corrected chi connectivity index (χ2v) is 5.39. The van der Waals surface area contributed by atoms with Crippen LogP contribution in [-0.4, -0.2) is 17.0 Å². The molecule has 0 saturated heterocycles. The molecule has 0 aliphatic carbocycles. The second kappa shape index (κ2) is 6.01. The molecule has 1 heterocycles. The fraction of sp³-hybridized carbons (Fsp3) is 0.250. The number of hydrogen-bond donors (Lipinski definition) is 2. The molecule has 2 rings (SSSR count). The van der Waals surface area contributed by atoms with Gasteiger partial charge in [0.25, 0.3) is 0 Å². The largest absolute Gasteiger partial charge is 0.475 e. The number of carboxylic acid groups (broad SMARTS) is 1. The minimum absolute atomic E-state index is 0.0604. The molecule has 0 atom stereocenters. The Bertz CT molecular complexity index is 706. The van der Waals surface area contributed by atoms with Gasteiger partial charge < -0.3 is 14.8 Å². The molecule has 2 N–H and O–H groups in total. The molecule has 22 heavy (non-hydrogen) atoms. The van der Waals surface area contributed by atoms with E-state index in [4.69, 9.17) is 9.52 Å². The third-order valence-corrected chi connectivity index (χ3v) is 3.41. The van der Waals surface area contributed by atoms with Gasteiger partial charge in [0.1, 0.15) is 11.6 Å². The number of benzene rings is 1. The summed E-state index contributed by atoms with van der Waals surface area (Å²) in [5.74, 6) is -1.74. The lowest BCUT2D eigenvalue weighted by molar-refractivity contribution is -0.125. The van der Waals surface area contributed by atoms with Gasteiger partial charge in [0, 0.05) is 0 Å². The van der Waals surface area contributed by atoms with Crippen molar-refractivity contribution in [3.05, 3.63) is 59.3 Å². The van der Waals surface area contributed by atoms with E-state index >= 15 is 0 Å².